The van der Waals surface area contributed by atoms with Crippen LogP contribution in [0.25, 0.3) is 0 Å². The maximum absolute atomic E-state index is 12.3. The number of rotatable bonds is 10. The zero-order chi connectivity index (χ0) is 25.5. The molecule has 0 aliphatic carbocycles. The first-order valence-corrected chi connectivity index (χ1v) is 12.6. The quantitative estimate of drug-likeness (QED) is 0.382. The van der Waals surface area contributed by atoms with Crippen molar-refractivity contribution in [3.05, 3.63) is 63.9 Å². The summed E-state index contributed by atoms with van der Waals surface area (Å²) in [5.41, 5.74) is 3.72. The van der Waals surface area contributed by atoms with Gasteiger partial charge in [0.25, 0.3) is 5.91 Å². The van der Waals surface area contributed by atoms with Gasteiger partial charge in [0.05, 0.1) is 12.3 Å². The standard InChI is InChI=1S/C25H30ClN5O3S/c1-15(2)19-9-6-16(3)10-21(19)34-13-23(32)27-12-22-29-30-25(31(22)5)35-14-24(33)28-18-8-7-17(4)20(26)11-18/h6-11,15H,12-14H2,1-5H3,(H,27,32)(H,28,33). The van der Waals surface area contributed by atoms with Crippen molar-refractivity contribution in [3.63, 3.8) is 0 Å². The number of carbonyl (C=O) groups is 2. The minimum atomic E-state index is -0.255. The molecule has 0 unspecified atom stereocenters. The number of halogens is 1. The van der Waals surface area contributed by atoms with Crippen molar-refractivity contribution in [3.8, 4) is 5.75 Å². The van der Waals surface area contributed by atoms with Gasteiger partial charge < -0.3 is 19.9 Å². The van der Waals surface area contributed by atoms with E-state index in [-0.39, 0.29) is 30.7 Å². The predicted molar refractivity (Wildman–Crippen MR) is 139 cm³/mol. The number of amides is 2. The van der Waals surface area contributed by atoms with Crippen LogP contribution in [0.2, 0.25) is 5.02 Å². The van der Waals surface area contributed by atoms with E-state index >= 15 is 0 Å². The van der Waals surface area contributed by atoms with Crippen molar-refractivity contribution in [1.82, 2.24) is 20.1 Å². The van der Waals surface area contributed by atoms with Gasteiger partial charge >= 0.3 is 0 Å². The molecule has 8 nitrogen and oxygen atoms in total. The number of ether oxygens (including phenoxy) is 1. The maximum Gasteiger partial charge on any atom is 0.258 e. The Morgan fingerprint density at radius 2 is 1.89 bits per heavy atom. The summed E-state index contributed by atoms with van der Waals surface area (Å²) in [4.78, 5) is 24.6. The molecule has 10 heteroatoms. The van der Waals surface area contributed by atoms with Crippen molar-refractivity contribution in [2.75, 3.05) is 17.7 Å². The molecule has 1 heterocycles. The molecule has 0 spiro atoms. The number of thioether (sulfide) groups is 1. The van der Waals surface area contributed by atoms with E-state index in [1.54, 1.807) is 23.7 Å². The van der Waals surface area contributed by atoms with Crippen LogP contribution >= 0.6 is 23.4 Å². The Bertz CT molecular complexity index is 1210. The molecule has 2 N–H and O–H groups in total. The SMILES string of the molecule is Cc1ccc(C(C)C)c(OCC(=O)NCc2nnc(SCC(=O)Nc3ccc(C)c(Cl)c3)n2C)c1. The number of benzene rings is 2. The second-order valence-corrected chi connectivity index (χ2v) is 9.87. The molecule has 2 aromatic carbocycles. The molecule has 0 aliphatic rings. The molecule has 3 aromatic rings. The van der Waals surface area contributed by atoms with Gasteiger partial charge in [-0.25, -0.2) is 0 Å². The predicted octanol–water partition coefficient (Wildman–Crippen LogP) is 4.63. The first-order chi connectivity index (χ1) is 16.6. The summed E-state index contributed by atoms with van der Waals surface area (Å²) >= 11 is 7.36. The van der Waals surface area contributed by atoms with Crippen LogP contribution in [0.3, 0.4) is 0 Å². The molecule has 186 valence electrons. The molecule has 0 saturated heterocycles. The molecular formula is C25H30ClN5O3S. The van der Waals surface area contributed by atoms with Crippen LogP contribution in [0.15, 0.2) is 41.6 Å². The zero-order valence-corrected chi connectivity index (χ0v) is 22.1. The van der Waals surface area contributed by atoms with Gasteiger partial charge in [0.1, 0.15) is 5.75 Å². The van der Waals surface area contributed by atoms with E-state index in [1.165, 1.54) is 11.8 Å². The van der Waals surface area contributed by atoms with Crippen molar-refractivity contribution in [1.29, 1.82) is 0 Å². The van der Waals surface area contributed by atoms with Crippen molar-refractivity contribution >= 4 is 40.9 Å². The average molecular weight is 516 g/mol. The fourth-order valence-corrected chi connectivity index (χ4v) is 4.15. The highest BCUT2D eigenvalue weighted by Gasteiger charge is 2.14. The molecule has 3 rings (SSSR count). The lowest BCUT2D eigenvalue weighted by Crippen LogP contribution is -2.29. The van der Waals surface area contributed by atoms with Gasteiger partial charge in [0, 0.05) is 17.8 Å². The van der Waals surface area contributed by atoms with Crippen molar-refractivity contribution < 1.29 is 14.3 Å². The van der Waals surface area contributed by atoms with Crippen LogP contribution in [-0.4, -0.2) is 38.9 Å². The van der Waals surface area contributed by atoms with E-state index in [4.69, 9.17) is 16.3 Å². The molecule has 35 heavy (non-hydrogen) atoms. The molecule has 0 atom stereocenters. The first kappa shape index (κ1) is 26.6. The maximum atomic E-state index is 12.3. The van der Waals surface area contributed by atoms with Crippen LogP contribution in [0.5, 0.6) is 5.75 Å². The third kappa shape index (κ3) is 7.47. The smallest absolute Gasteiger partial charge is 0.258 e. The van der Waals surface area contributed by atoms with Crippen molar-refractivity contribution in [2.45, 2.75) is 45.3 Å². The Hall–Kier alpha value is -3.04. The zero-order valence-electron chi connectivity index (χ0n) is 20.5. The van der Waals surface area contributed by atoms with Crippen LogP contribution in [-0.2, 0) is 23.2 Å². The number of hydrogen-bond acceptors (Lipinski definition) is 6. The first-order valence-electron chi connectivity index (χ1n) is 11.2. The third-order valence-corrected chi connectivity index (χ3v) is 6.73. The van der Waals surface area contributed by atoms with Gasteiger partial charge in [-0.3, -0.25) is 9.59 Å². The fraction of sp³-hybridized carbons (Fsp3) is 0.360. The Labute approximate surface area is 214 Å². The Morgan fingerprint density at radius 3 is 2.60 bits per heavy atom. The second-order valence-electron chi connectivity index (χ2n) is 8.52. The summed E-state index contributed by atoms with van der Waals surface area (Å²) in [6.45, 7) is 8.17. The molecular weight excluding hydrogens is 486 g/mol. The van der Waals surface area contributed by atoms with Gasteiger partial charge in [-0.15, -0.1) is 10.2 Å². The van der Waals surface area contributed by atoms with E-state index in [0.29, 0.717) is 27.6 Å². The van der Waals surface area contributed by atoms with Gasteiger partial charge in [-0.2, -0.15) is 0 Å². The number of carbonyl (C=O) groups excluding carboxylic acids is 2. The monoisotopic (exact) mass is 515 g/mol. The Balaban J connectivity index is 1.47. The lowest BCUT2D eigenvalue weighted by molar-refractivity contribution is -0.123. The number of aryl methyl sites for hydroxylation is 2. The van der Waals surface area contributed by atoms with E-state index < -0.39 is 0 Å². The third-order valence-electron chi connectivity index (χ3n) is 5.31. The Morgan fingerprint density at radius 1 is 1.11 bits per heavy atom. The van der Waals surface area contributed by atoms with Crippen LogP contribution < -0.4 is 15.4 Å². The summed E-state index contributed by atoms with van der Waals surface area (Å²) in [6, 6.07) is 11.4. The highest BCUT2D eigenvalue weighted by atomic mass is 35.5. The molecule has 0 radical (unpaired) electrons. The van der Waals surface area contributed by atoms with Gasteiger partial charge in [-0.05, 0) is 54.7 Å². The van der Waals surface area contributed by atoms with Crippen LogP contribution in [0.1, 0.15) is 42.3 Å². The largest absolute Gasteiger partial charge is 0.483 e. The molecule has 1 aromatic heterocycles. The molecule has 0 bridgehead atoms. The fourth-order valence-electron chi connectivity index (χ4n) is 3.24. The number of hydrogen-bond donors (Lipinski definition) is 2. The minimum absolute atomic E-state index is 0.0914. The van der Waals surface area contributed by atoms with E-state index in [0.717, 1.165) is 22.4 Å². The van der Waals surface area contributed by atoms with Crippen LogP contribution in [0, 0.1) is 13.8 Å². The molecule has 0 saturated carbocycles. The minimum Gasteiger partial charge on any atom is -0.483 e. The van der Waals surface area contributed by atoms with E-state index in [2.05, 4.69) is 34.7 Å². The van der Waals surface area contributed by atoms with Gasteiger partial charge in [-0.1, -0.05) is 55.4 Å². The average Bonchev–Trinajstić information content (AvgIpc) is 3.16. The lowest BCUT2D eigenvalue weighted by atomic mass is 10.0. The Kier molecular flexibility index (Phi) is 9.17. The summed E-state index contributed by atoms with van der Waals surface area (Å²) in [5, 5.41) is 15.0. The molecule has 2 amide bonds. The van der Waals surface area contributed by atoms with Crippen molar-refractivity contribution in [2.24, 2.45) is 7.05 Å². The molecule has 0 aliphatic heterocycles. The van der Waals surface area contributed by atoms with Gasteiger partial charge in [0.2, 0.25) is 5.91 Å². The highest BCUT2D eigenvalue weighted by Crippen LogP contribution is 2.27. The molecule has 0 fully saturated rings. The highest BCUT2D eigenvalue weighted by molar-refractivity contribution is 7.99. The second kappa shape index (κ2) is 12.1. The summed E-state index contributed by atoms with van der Waals surface area (Å²) in [5.74, 6) is 1.31. The van der Waals surface area contributed by atoms with E-state index in [9.17, 15) is 9.59 Å². The number of anilines is 1. The topological polar surface area (TPSA) is 98.1 Å². The summed E-state index contributed by atoms with van der Waals surface area (Å²) in [6.07, 6.45) is 0. The van der Waals surface area contributed by atoms with Crippen LogP contribution in [0.4, 0.5) is 5.69 Å². The number of nitrogens with one attached hydrogen (secondary N) is 2. The van der Waals surface area contributed by atoms with Gasteiger partial charge in [0.15, 0.2) is 17.6 Å². The normalized spacial score (nSPS) is 10.9. The summed E-state index contributed by atoms with van der Waals surface area (Å²) < 4.78 is 7.53. The summed E-state index contributed by atoms with van der Waals surface area (Å²) in [7, 11) is 1.79. The number of aromatic nitrogens is 3. The lowest BCUT2D eigenvalue weighted by Gasteiger charge is -2.14. The van der Waals surface area contributed by atoms with E-state index in [1.807, 2.05) is 38.1 Å². The number of nitrogens with zero attached hydrogens (tertiary/aromatic N) is 3.